The normalized spacial score (nSPS) is 5.10. The van der Waals surface area contributed by atoms with Crippen molar-refractivity contribution >= 4 is 97.4 Å². The first-order chi connectivity index (χ1) is 3.46. The van der Waals surface area contributed by atoms with Gasteiger partial charge in [-0.1, -0.05) is 0 Å². The summed E-state index contributed by atoms with van der Waals surface area (Å²) in [5, 5.41) is 21.5. The molecule has 0 aliphatic carbocycles. The second kappa shape index (κ2) is 17.3. The van der Waals surface area contributed by atoms with E-state index in [0.29, 0.717) is 0 Å². The van der Waals surface area contributed by atoms with Crippen LogP contribution in [0, 0.1) is 0 Å². The molecule has 0 amide bonds. The Balaban J connectivity index is -0.0000000300. The topological polar surface area (TPSA) is 118 Å². The van der Waals surface area contributed by atoms with E-state index in [1.54, 1.807) is 0 Å². The molecule has 0 aliphatic heterocycles. The fraction of sp³-hybridized carbons (Fsp3) is 0. The van der Waals surface area contributed by atoms with Crippen LogP contribution in [-0.2, 0) is 4.46 Å². The first kappa shape index (κ1) is 22.8. The summed E-state index contributed by atoms with van der Waals surface area (Å²) in [7, 11) is -5.30. The second-order valence-electron chi connectivity index (χ2n) is 0.629. The summed E-state index contributed by atoms with van der Waals surface area (Å²) in [5.74, 6) is 0. The molecule has 0 spiro atoms. The second-order valence-corrected chi connectivity index (χ2v) is 1.19. The molecule has 0 radical (unpaired) electrons. The molecule has 0 aromatic rings. The molecule has 0 rings (SSSR count). The summed E-state index contributed by atoms with van der Waals surface area (Å²) in [5.41, 5.74) is 0. The van der Waals surface area contributed by atoms with Gasteiger partial charge in [-0.25, -0.2) is 0 Å². The van der Waals surface area contributed by atoms with Crippen molar-refractivity contribution in [3.63, 3.8) is 0 Å². The molecular formula is H7BKNaO6Si. The molecule has 0 aliphatic rings. The summed E-state index contributed by atoms with van der Waals surface area (Å²) in [6.45, 7) is 0. The fourth-order valence-electron chi connectivity index (χ4n) is 0. The first-order valence-corrected chi connectivity index (χ1v) is 2.73. The summed E-state index contributed by atoms with van der Waals surface area (Å²) in [6.07, 6.45) is 0. The molecule has 0 saturated heterocycles. The average molecular weight is 204 g/mol. The molecule has 52 valence electrons. The van der Waals surface area contributed by atoms with Gasteiger partial charge >= 0.3 is 97.4 Å². The molecule has 10 heavy (non-hydrogen) atoms. The maximum absolute atomic E-state index is 8.74. The van der Waals surface area contributed by atoms with Crippen molar-refractivity contribution in [2.75, 3.05) is 0 Å². The Hall–Kier alpha value is 2.20. The first-order valence-electron chi connectivity index (χ1n) is 1.43. The maximum atomic E-state index is 8.74. The summed E-state index contributed by atoms with van der Waals surface area (Å²) >= 11 is 0. The van der Waals surface area contributed by atoms with Gasteiger partial charge in [-0.15, -0.1) is 0 Å². The van der Waals surface area contributed by atoms with Gasteiger partial charge < -0.3 is 24.7 Å². The van der Waals surface area contributed by atoms with E-state index in [2.05, 4.69) is 0 Å². The molecule has 0 bridgehead atoms. The van der Waals surface area contributed by atoms with E-state index in [-0.39, 0.29) is 80.9 Å². The van der Waals surface area contributed by atoms with E-state index in [1.807, 2.05) is 0 Å². The molecule has 0 unspecified atom stereocenters. The Kier molecular flexibility index (Phi) is 39.4. The van der Waals surface area contributed by atoms with Crippen molar-refractivity contribution in [2.45, 2.75) is 0 Å². The quantitative estimate of drug-likeness (QED) is 0.252. The van der Waals surface area contributed by atoms with Gasteiger partial charge in [0, 0.05) is 0 Å². The van der Waals surface area contributed by atoms with E-state index in [9.17, 15) is 0 Å². The van der Waals surface area contributed by atoms with Crippen molar-refractivity contribution in [1.82, 2.24) is 0 Å². The predicted octanol–water partition coefficient (Wildman–Crippen LogP) is -4.96. The molecular weight excluding hydrogens is 197 g/mol. The van der Waals surface area contributed by atoms with Crippen LogP contribution in [-0.4, -0.2) is 122 Å². The van der Waals surface area contributed by atoms with Gasteiger partial charge in [0.2, 0.25) is 0 Å². The van der Waals surface area contributed by atoms with E-state index in [4.69, 9.17) is 29.1 Å². The standard InChI is InChI=1S/BH3O3.K.Na.H2O3Si.2H/c2-1(3)4;;;1-4(2)3;;/h2-4H;;;1-2H;;. The molecule has 0 atom stereocenters. The summed E-state index contributed by atoms with van der Waals surface area (Å²) in [6, 6.07) is 0. The van der Waals surface area contributed by atoms with Crippen LogP contribution in [0.3, 0.4) is 0 Å². The molecule has 0 heterocycles. The molecule has 0 aromatic carbocycles. The Morgan fingerprint density at radius 1 is 1.10 bits per heavy atom. The number of rotatable bonds is 0. The Bertz CT molecular complexity index is 62.0. The van der Waals surface area contributed by atoms with Crippen LogP contribution >= 0.6 is 0 Å². The van der Waals surface area contributed by atoms with Gasteiger partial charge in [0.25, 0.3) is 0 Å². The van der Waals surface area contributed by atoms with Crippen LogP contribution in [0.4, 0.5) is 0 Å². The zero-order chi connectivity index (χ0) is 7.15. The van der Waals surface area contributed by atoms with Gasteiger partial charge in [-0.05, 0) is 0 Å². The van der Waals surface area contributed by atoms with Gasteiger partial charge in [-0.3, -0.25) is 4.46 Å². The van der Waals surface area contributed by atoms with E-state index in [0.717, 1.165) is 0 Å². The van der Waals surface area contributed by atoms with E-state index < -0.39 is 16.5 Å². The fourth-order valence-corrected chi connectivity index (χ4v) is 0. The molecule has 10 heteroatoms. The molecule has 0 fully saturated rings. The van der Waals surface area contributed by atoms with E-state index >= 15 is 0 Å². The molecule has 0 aromatic heterocycles. The Morgan fingerprint density at radius 2 is 1.10 bits per heavy atom. The summed E-state index contributed by atoms with van der Waals surface area (Å²) < 4.78 is 8.74. The third kappa shape index (κ3) is 179. The third-order valence-electron chi connectivity index (χ3n) is 0. The van der Waals surface area contributed by atoms with Crippen molar-refractivity contribution in [2.24, 2.45) is 0 Å². The molecule has 5 N–H and O–H groups in total. The van der Waals surface area contributed by atoms with Crippen LogP contribution in [0.2, 0.25) is 0 Å². The summed E-state index contributed by atoms with van der Waals surface area (Å²) in [4.78, 5) is 14.3. The zero-order valence-corrected chi connectivity index (χ0v) is 4.72. The van der Waals surface area contributed by atoms with Gasteiger partial charge in [0.1, 0.15) is 0 Å². The van der Waals surface area contributed by atoms with Crippen LogP contribution in [0.15, 0.2) is 0 Å². The molecule has 0 saturated carbocycles. The Labute approximate surface area is 124 Å². The Morgan fingerprint density at radius 3 is 1.10 bits per heavy atom. The number of hydrogen-bond donors (Lipinski definition) is 5. The van der Waals surface area contributed by atoms with Crippen molar-refractivity contribution in [3.05, 3.63) is 0 Å². The SMILES string of the molecule is O=[Si](O)O.OB(O)O.[KH].[NaH]. The van der Waals surface area contributed by atoms with Crippen LogP contribution in [0.1, 0.15) is 0 Å². The average Bonchev–Trinajstić information content (AvgIpc) is 1.25. The van der Waals surface area contributed by atoms with E-state index in [1.165, 1.54) is 0 Å². The third-order valence-corrected chi connectivity index (χ3v) is 0. The molecule has 6 nitrogen and oxygen atoms in total. The van der Waals surface area contributed by atoms with Crippen molar-refractivity contribution < 1.29 is 29.1 Å². The van der Waals surface area contributed by atoms with Gasteiger partial charge in [-0.2, -0.15) is 0 Å². The van der Waals surface area contributed by atoms with Crippen LogP contribution in [0.5, 0.6) is 0 Å². The van der Waals surface area contributed by atoms with Crippen molar-refractivity contribution in [1.29, 1.82) is 0 Å². The van der Waals surface area contributed by atoms with Crippen LogP contribution in [0.25, 0.3) is 0 Å². The predicted molar refractivity (Wildman–Crippen MR) is 37.6 cm³/mol. The minimum absolute atomic E-state index is 0. The zero-order valence-electron chi connectivity index (χ0n) is 3.72. The van der Waals surface area contributed by atoms with Gasteiger partial charge in [0.05, 0.1) is 0 Å². The monoisotopic (exact) mass is 204 g/mol. The van der Waals surface area contributed by atoms with Crippen molar-refractivity contribution in [3.8, 4) is 0 Å². The number of hydrogen-bond acceptors (Lipinski definition) is 4. The minimum atomic E-state index is -3.13. The van der Waals surface area contributed by atoms with Crippen LogP contribution < -0.4 is 0 Å². The van der Waals surface area contributed by atoms with Gasteiger partial charge in [0.15, 0.2) is 0 Å².